The first-order chi connectivity index (χ1) is 3.06. The molecular formula is C5H12OS. The summed E-state index contributed by atoms with van der Waals surface area (Å²) in [5.74, 6) is 0.226. The normalized spacial score (nSPS) is 12.0. The van der Waals surface area contributed by atoms with Crippen LogP contribution in [0.5, 0.6) is 0 Å². The Morgan fingerprint density at radius 3 is 1.86 bits per heavy atom. The molecule has 44 valence electrons. The summed E-state index contributed by atoms with van der Waals surface area (Å²) in [6.07, 6.45) is 0. The van der Waals surface area contributed by atoms with Crippen LogP contribution < -0.4 is 0 Å². The van der Waals surface area contributed by atoms with Crippen molar-refractivity contribution in [2.45, 2.75) is 25.5 Å². The van der Waals surface area contributed by atoms with Crippen molar-refractivity contribution in [2.75, 3.05) is 5.94 Å². The van der Waals surface area contributed by atoms with Gasteiger partial charge in [0.05, 0.1) is 5.94 Å². The Bertz CT molecular complexity index is 46.5. The molecule has 0 aromatic heterocycles. The van der Waals surface area contributed by atoms with Gasteiger partial charge in [0.25, 0.3) is 0 Å². The molecule has 0 aliphatic rings. The number of hydrogen-bond acceptors (Lipinski definition) is 2. The van der Waals surface area contributed by atoms with Crippen LogP contribution in [0.1, 0.15) is 20.8 Å². The standard InChI is InChI=1S/C5H12OS/c1-5(2,3)7-4-6/h6H,4H2,1-3H3. The lowest BCUT2D eigenvalue weighted by atomic mass is 10.3. The van der Waals surface area contributed by atoms with E-state index in [9.17, 15) is 0 Å². The molecule has 0 aromatic rings. The summed E-state index contributed by atoms with van der Waals surface area (Å²) < 4.78 is 0.217. The lowest BCUT2D eigenvalue weighted by molar-refractivity contribution is 0.373. The van der Waals surface area contributed by atoms with Crippen LogP contribution >= 0.6 is 11.8 Å². The van der Waals surface area contributed by atoms with E-state index in [2.05, 4.69) is 20.8 Å². The topological polar surface area (TPSA) is 20.2 Å². The van der Waals surface area contributed by atoms with E-state index in [1.807, 2.05) is 0 Å². The minimum atomic E-state index is 0.217. The maximum atomic E-state index is 8.36. The van der Waals surface area contributed by atoms with E-state index >= 15 is 0 Å². The second kappa shape index (κ2) is 2.58. The fourth-order valence-corrected chi connectivity index (χ4v) is 0.581. The second-order valence-electron chi connectivity index (χ2n) is 2.39. The van der Waals surface area contributed by atoms with E-state index < -0.39 is 0 Å². The Morgan fingerprint density at radius 2 is 1.86 bits per heavy atom. The summed E-state index contributed by atoms with van der Waals surface area (Å²) in [6, 6.07) is 0. The third-order valence-electron chi connectivity index (χ3n) is 0.498. The average molecular weight is 120 g/mol. The molecule has 0 heterocycles. The van der Waals surface area contributed by atoms with E-state index in [4.69, 9.17) is 5.11 Å². The van der Waals surface area contributed by atoms with Crippen LogP contribution in [0.4, 0.5) is 0 Å². The molecule has 0 aliphatic heterocycles. The summed E-state index contributed by atoms with van der Waals surface area (Å²) in [6.45, 7) is 6.23. The third kappa shape index (κ3) is 6.31. The van der Waals surface area contributed by atoms with Crippen LogP contribution in [0.3, 0.4) is 0 Å². The molecular weight excluding hydrogens is 108 g/mol. The smallest absolute Gasteiger partial charge is 0.0891 e. The monoisotopic (exact) mass is 120 g/mol. The van der Waals surface area contributed by atoms with E-state index in [1.165, 1.54) is 0 Å². The minimum absolute atomic E-state index is 0.217. The van der Waals surface area contributed by atoms with Crippen LogP contribution in [-0.4, -0.2) is 15.8 Å². The molecule has 1 nitrogen and oxygen atoms in total. The summed E-state index contributed by atoms with van der Waals surface area (Å²) in [5.41, 5.74) is 0. The summed E-state index contributed by atoms with van der Waals surface area (Å²) in [4.78, 5) is 0. The molecule has 0 saturated heterocycles. The second-order valence-corrected chi connectivity index (χ2v) is 4.16. The highest BCUT2D eigenvalue weighted by molar-refractivity contribution is 8.00. The molecule has 0 bridgehead atoms. The zero-order chi connectivity index (χ0) is 5.91. The molecule has 0 saturated carbocycles. The fraction of sp³-hybridized carbons (Fsp3) is 1.00. The molecule has 0 aromatic carbocycles. The predicted molar refractivity (Wildman–Crippen MR) is 34.4 cm³/mol. The quantitative estimate of drug-likeness (QED) is 0.529. The predicted octanol–water partition coefficient (Wildman–Crippen LogP) is 1.47. The Morgan fingerprint density at radius 1 is 1.43 bits per heavy atom. The lowest BCUT2D eigenvalue weighted by Gasteiger charge is -2.14. The van der Waals surface area contributed by atoms with Gasteiger partial charge in [-0.15, -0.1) is 11.8 Å². The number of hydrogen-bond donors (Lipinski definition) is 1. The first-order valence-corrected chi connectivity index (χ1v) is 3.29. The van der Waals surface area contributed by atoms with Gasteiger partial charge in [0.1, 0.15) is 0 Å². The molecule has 0 amide bonds. The van der Waals surface area contributed by atoms with E-state index in [1.54, 1.807) is 11.8 Å². The van der Waals surface area contributed by atoms with Gasteiger partial charge in [0.2, 0.25) is 0 Å². The van der Waals surface area contributed by atoms with Crippen LogP contribution in [0.25, 0.3) is 0 Å². The highest BCUT2D eigenvalue weighted by Gasteiger charge is 2.07. The highest BCUT2D eigenvalue weighted by Crippen LogP contribution is 2.20. The van der Waals surface area contributed by atoms with Crippen LogP contribution in [-0.2, 0) is 0 Å². The highest BCUT2D eigenvalue weighted by atomic mass is 32.2. The molecule has 0 atom stereocenters. The van der Waals surface area contributed by atoms with Crippen LogP contribution in [0, 0.1) is 0 Å². The first kappa shape index (κ1) is 7.31. The number of aliphatic hydroxyl groups excluding tert-OH is 1. The van der Waals surface area contributed by atoms with E-state index in [0.29, 0.717) is 0 Å². The Balaban J connectivity index is 3.15. The summed E-state index contributed by atoms with van der Waals surface area (Å²) in [7, 11) is 0. The van der Waals surface area contributed by atoms with Crippen molar-refractivity contribution in [3.63, 3.8) is 0 Å². The van der Waals surface area contributed by atoms with Crippen molar-refractivity contribution in [3.05, 3.63) is 0 Å². The number of aliphatic hydroxyl groups is 1. The van der Waals surface area contributed by atoms with E-state index in [0.717, 1.165) is 0 Å². The molecule has 1 N–H and O–H groups in total. The SMILES string of the molecule is CC(C)(C)SCO. The van der Waals surface area contributed by atoms with Gasteiger partial charge in [-0.1, -0.05) is 20.8 Å². The molecule has 0 fully saturated rings. The van der Waals surface area contributed by atoms with Gasteiger partial charge in [-0.25, -0.2) is 0 Å². The minimum Gasteiger partial charge on any atom is -0.386 e. The van der Waals surface area contributed by atoms with Gasteiger partial charge in [-0.2, -0.15) is 0 Å². The van der Waals surface area contributed by atoms with E-state index in [-0.39, 0.29) is 10.7 Å². The average Bonchev–Trinajstić information content (AvgIpc) is 1.30. The zero-order valence-corrected chi connectivity index (χ0v) is 5.88. The van der Waals surface area contributed by atoms with Gasteiger partial charge in [0, 0.05) is 4.75 Å². The number of rotatable bonds is 1. The van der Waals surface area contributed by atoms with Crippen molar-refractivity contribution < 1.29 is 5.11 Å². The molecule has 0 spiro atoms. The first-order valence-electron chi connectivity index (χ1n) is 2.31. The molecule has 0 radical (unpaired) electrons. The van der Waals surface area contributed by atoms with Crippen molar-refractivity contribution >= 4 is 11.8 Å². The third-order valence-corrected chi connectivity index (χ3v) is 1.49. The van der Waals surface area contributed by atoms with Gasteiger partial charge in [-0.3, -0.25) is 0 Å². The van der Waals surface area contributed by atoms with Gasteiger partial charge in [-0.05, 0) is 0 Å². The number of thioether (sulfide) groups is 1. The van der Waals surface area contributed by atoms with Crippen LogP contribution in [0.2, 0.25) is 0 Å². The summed E-state index contributed by atoms with van der Waals surface area (Å²) >= 11 is 1.54. The molecule has 0 unspecified atom stereocenters. The lowest BCUT2D eigenvalue weighted by Crippen LogP contribution is -2.07. The largest absolute Gasteiger partial charge is 0.386 e. The Labute approximate surface area is 49.1 Å². The fourth-order valence-electron chi connectivity index (χ4n) is 0.194. The maximum Gasteiger partial charge on any atom is 0.0891 e. The Kier molecular flexibility index (Phi) is 2.69. The molecule has 7 heavy (non-hydrogen) atoms. The van der Waals surface area contributed by atoms with Crippen molar-refractivity contribution in [1.29, 1.82) is 0 Å². The summed E-state index contributed by atoms with van der Waals surface area (Å²) in [5, 5.41) is 8.36. The van der Waals surface area contributed by atoms with Crippen LogP contribution in [0.15, 0.2) is 0 Å². The van der Waals surface area contributed by atoms with Gasteiger partial charge in [0.15, 0.2) is 0 Å². The Hall–Kier alpha value is 0.310. The maximum absolute atomic E-state index is 8.36. The van der Waals surface area contributed by atoms with Crippen molar-refractivity contribution in [3.8, 4) is 0 Å². The molecule has 0 aliphatic carbocycles. The molecule has 0 rings (SSSR count). The van der Waals surface area contributed by atoms with Crippen molar-refractivity contribution in [2.24, 2.45) is 0 Å². The zero-order valence-electron chi connectivity index (χ0n) is 5.06. The van der Waals surface area contributed by atoms with Gasteiger partial charge < -0.3 is 5.11 Å². The van der Waals surface area contributed by atoms with Gasteiger partial charge >= 0.3 is 0 Å². The van der Waals surface area contributed by atoms with Crippen molar-refractivity contribution in [1.82, 2.24) is 0 Å². The molecule has 2 heteroatoms.